The average molecular weight is 356 g/mol. The maximum atomic E-state index is 12.8. The van der Waals surface area contributed by atoms with Crippen molar-refractivity contribution in [3.8, 4) is 5.69 Å². The topological polar surface area (TPSA) is 101 Å². The molecular formula is C17H12N2O5S. The van der Waals surface area contributed by atoms with Gasteiger partial charge in [0, 0.05) is 0 Å². The van der Waals surface area contributed by atoms with E-state index >= 15 is 0 Å². The molecule has 0 aliphatic heterocycles. The number of esters is 1. The predicted molar refractivity (Wildman–Crippen MR) is 93.0 cm³/mol. The van der Waals surface area contributed by atoms with Gasteiger partial charge in [-0.05, 0) is 54.7 Å². The van der Waals surface area contributed by atoms with Gasteiger partial charge in [-0.25, -0.2) is 9.59 Å². The smallest absolute Gasteiger partial charge is 0.337 e. The summed E-state index contributed by atoms with van der Waals surface area (Å²) in [5.74, 6) is -1.58. The van der Waals surface area contributed by atoms with E-state index in [9.17, 15) is 14.4 Å². The van der Waals surface area contributed by atoms with Crippen LogP contribution in [0.5, 0.6) is 0 Å². The summed E-state index contributed by atoms with van der Waals surface area (Å²) in [6.45, 7) is 0. The molecule has 0 spiro atoms. The van der Waals surface area contributed by atoms with Crippen molar-refractivity contribution in [1.82, 2.24) is 9.55 Å². The first-order chi connectivity index (χ1) is 11.9. The number of hydrogen-bond acceptors (Lipinski definition) is 5. The zero-order valence-electron chi connectivity index (χ0n) is 13.0. The maximum absolute atomic E-state index is 12.8. The molecule has 0 aliphatic carbocycles. The molecule has 1 aromatic heterocycles. The predicted octanol–water partition coefficient (Wildman–Crippen LogP) is 2.53. The van der Waals surface area contributed by atoms with Crippen molar-refractivity contribution >= 4 is 35.1 Å². The highest BCUT2D eigenvalue weighted by molar-refractivity contribution is 7.71. The zero-order chi connectivity index (χ0) is 18.1. The van der Waals surface area contributed by atoms with E-state index in [0.717, 1.165) is 0 Å². The standard InChI is InChI=1S/C17H12N2O5S/c1-24-16(23)10-4-7-12-13(8-10)18-17(25)19(14(12)20)11-5-2-9(3-6-11)15(21)22/h2-8H,1H3,(H,18,25)(H,21,22). The lowest BCUT2D eigenvalue weighted by Gasteiger charge is -2.09. The minimum Gasteiger partial charge on any atom is -0.478 e. The summed E-state index contributed by atoms with van der Waals surface area (Å²) in [6.07, 6.45) is 0. The third-order valence-corrected chi connectivity index (χ3v) is 3.98. The number of benzene rings is 2. The number of aromatic amines is 1. The Kier molecular flexibility index (Phi) is 4.20. The molecule has 3 aromatic rings. The Morgan fingerprint density at radius 1 is 1.12 bits per heavy atom. The van der Waals surface area contributed by atoms with Crippen molar-refractivity contribution in [3.05, 3.63) is 68.7 Å². The molecule has 0 unspecified atom stereocenters. The highest BCUT2D eigenvalue weighted by atomic mass is 32.1. The molecule has 0 radical (unpaired) electrons. The van der Waals surface area contributed by atoms with Crippen molar-refractivity contribution in [2.24, 2.45) is 0 Å². The number of methoxy groups -OCH3 is 1. The number of carboxylic acid groups (broad SMARTS) is 1. The number of carbonyl (C=O) groups excluding carboxylic acids is 1. The van der Waals surface area contributed by atoms with Gasteiger partial charge in [-0.15, -0.1) is 0 Å². The van der Waals surface area contributed by atoms with E-state index in [0.29, 0.717) is 22.2 Å². The minimum atomic E-state index is -1.06. The first-order valence-electron chi connectivity index (χ1n) is 7.13. The Labute approximate surface area is 146 Å². The molecule has 8 heteroatoms. The molecule has 2 aromatic carbocycles. The van der Waals surface area contributed by atoms with E-state index in [1.165, 1.54) is 54.1 Å². The number of fused-ring (bicyclic) bond motifs is 1. The Balaban J connectivity index is 2.20. The fourth-order valence-corrected chi connectivity index (χ4v) is 2.75. The molecule has 2 N–H and O–H groups in total. The number of aromatic nitrogens is 2. The second-order valence-corrected chi connectivity index (χ2v) is 5.56. The lowest BCUT2D eigenvalue weighted by molar-refractivity contribution is 0.0600. The lowest BCUT2D eigenvalue weighted by atomic mass is 10.1. The van der Waals surface area contributed by atoms with E-state index < -0.39 is 11.9 Å². The van der Waals surface area contributed by atoms with Gasteiger partial charge in [0.2, 0.25) is 0 Å². The van der Waals surface area contributed by atoms with Crippen molar-refractivity contribution in [3.63, 3.8) is 0 Å². The summed E-state index contributed by atoms with van der Waals surface area (Å²) >= 11 is 5.25. The monoisotopic (exact) mass is 356 g/mol. The molecule has 0 saturated carbocycles. The van der Waals surface area contributed by atoms with E-state index in [4.69, 9.17) is 17.3 Å². The first kappa shape index (κ1) is 16.6. The second-order valence-electron chi connectivity index (χ2n) is 5.17. The van der Waals surface area contributed by atoms with Gasteiger partial charge in [-0.3, -0.25) is 9.36 Å². The van der Waals surface area contributed by atoms with Crippen LogP contribution >= 0.6 is 12.2 Å². The molecule has 0 amide bonds. The van der Waals surface area contributed by atoms with Crippen LogP contribution in [0.1, 0.15) is 20.7 Å². The molecule has 126 valence electrons. The summed E-state index contributed by atoms with van der Waals surface area (Å²) in [5.41, 5.74) is 0.878. The van der Waals surface area contributed by atoms with Gasteiger partial charge in [0.05, 0.1) is 34.8 Å². The number of carbonyl (C=O) groups is 2. The van der Waals surface area contributed by atoms with Gasteiger partial charge in [0.25, 0.3) is 5.56 Å². The van der Waals surface area contributed by atoms with Crippen LogP contribution in [-0.4, -0.2) is 33.7 Å². The van der Waals surface area contributed by atoms with Gasteiger partial charge >= 0.3 is 11.9 Å². The molecular weight excluding hydrogens is 344 g/mol. The number of ether oxygens (including phenoxy) is 1. The number of nitrogens with zero attached hydrogens (tertiary/aromatic N) is 1. The summed E-state index contributed by atoms with van der Waals surface area (Å²) in [5, 5.41) is 9.29. The Morgan fingerprint density at radius 3 is 2.36 bits per heavy atom. The Bertz CT molecular complexity index is 1110. The van der Waals surface area contributed by atoms with E-state index in [1.807, 2.05) is 0 Å². The summed E-state index contributed by atoms with van der Waals surface area (Å²) in [4.78, 5) is 38.2. The van der Waals surface area contributed by atoms with Crippen molar-refractivity contribution < 1.29 is 19.4 Å². The van der Waals surface area contributed by atoms with Crippen molar-refractivity contribution in [2.75, 3.05) is 7.11 Å². The van der Waals surface area contributed by atoms with E-state index in [2.05, 4.69) is 9.72 Å². The van der Waals surface area contributed by atoms with Crippen LogP contribution in [0.15, 0.2) is 47.3 Å². The van der Waals surface area contributed by atoms with Crippen LogP contribution < -0.4 is 5.56 Å². The molecule has 0 saturated heterocycles. The number of rotatable bonds is 3. The van der Waals surface area contributed by atoms with Crippen LogP contribution in [0.4, 0.5) is 0 Å². The normalized spacial score (nSPS) is 10.6. The molecule has 0 bridgehead atoms. The van der Waals surface area contributed by atoms with E-state index in [-0.39, 0.29) is 15.9 Å². The van der Waals surface area contributed by atoms with Gasteiger partial charge in [-0.1, -0.05) is 0 Å². The molecule has 0 aliphatic rings. The van der Waals surface area contributed by atoms with Crippen LogP contribution in [-0.2, 0) is 4.74 Å². The van der Waals surface area contributed by atoms with Crippen LogP contribution in [0.25, 0.3) is 16.6 Å². The number of nitrogens with one attached hydrogen (secondary N) is 1. The summed E-state index contributed by atoms with van der Waals surface area (Å²) in [7, 11) is 1.27. The Morgan fingerprint density at radius 2 is 1.76 bits per heavy atom. The fraction of sp³-hybridized carbons (Fsp3) is 0.0588. The third-order valence-electron chi connectivity index (χ3n) is 3.69. The number of H-pyrrole nitrogens is 1. The molecule has 0 atom stereocenters. The number of aromatic carboxylic acids is 1. The van der Waals surface area contributed by atoms with Gasteiger partial charge in [0.15, 0.2) is 4.77 Å². The Hall–Kier alpha value is -3.26. The SMILES string of the molecule is COC(=O)c1ccc2c(=O)n(-c3ccc(C(=O)O)cc3)c(=S)[nH]c2c1. The van der Waals surface area contributed by atoms with Gasteiger partial charge in [0.1, 0.15) is 0 Å². The minimum absolute atomic E-state index is 0.107. The maximum Gasteiger partial charge on any atom is 0.337 e. The first-order valence-corrected chi connectivity index (χ1v) is 7.54. The van der Waals surface area contributed by atoms with Gasteiger partial charge < -0.3 is 14.8 Å². The number of hydrogen-bond donors (Lipinski definition) is 2. The van der Waals surface area contributed by atoms with Crippen LogP contribution in [0.3, 0.4) is 0 Å². The highest BCUT2D eigenvalue weighted by Gasteiger charge is 2.12. The highest BCUT2D eigenvalue weighted by Crippen LogP contribution is 2.14. The molecule has 7 nitrogen and oxygen atoms in total. The average Bonchev–Trinajstić information content (AvgIpc) is 2.61. The summed E-state index contributed by atoms with van der Waals surface area (Å²) < 4.78 is 6.05. The third kappa shape index (κ3) is 2.94. The zero-order valence-corrected chi connectivity index (χ0v) is 13.8. The quantitative estimate of drug-likeness (QED) is 0.552. The van der Waals surface area contributed by atoms with Crippen LogP contribution in [0, 0.1) is 4.77 Å². The lowest BCUT2D eigenvalue weighted by Crippen LogP contribution is -2.20. The largest absolute Gasteiger partial charge is 0.478 e. The second kappa shape index (κ2) is 6.33. The fourth-order valence-electron chi connectivity index (χ4n) is 2.45. The summed E-state index contributed by atoms with van der Waals surface area (Å²) in [6, 6.07) is 10.3. The number of carboxylic acids is 1. The van der Waals surface area contributed by atoms with Crippen molar-refractivity contribution in [2.45, 2.75) is 0 Å². The van der Waals surface area contributed by atoms with Crippen molar-refractivity contribution in [1.29, 1.82) is 0 Å². The molecule has 3 rings (SSSR count). The van der Waals surface area contributed by atoms with E-state index in [1.54, 1.807) is 0 Å². The molecule has 0 fully saturated rings. The molecule has 25 heavy (non-hydrogen) atoms. The molecule has 1 heterocycles. The van der Waals surface area contributed by atoms with Gasteiger partial charge in [-0.2, -0.15) is 0 Å². The van der Waals surface area contributed by atoms with Crippen LogP contribution in [0.2, 0.25) is 0 Å².